The highest BCUT2D eigenvalue weighted by atomic mass is 16.4. The van der Waals surface area contributed by atoms with Crippen LogP contribution in [0.25, 0.3) is 0 Å². The number of aliphatic carboxylic acids is 1. The van der Waals surface area contributed by atoms with Crippen molar-refractivity contribution in [2.75, 3.05) is 26.7 Å². The first-order chi connectivity index (χ1) is 9.99. The molecule has 21 heavy (non-hydrogen) atoms. The smallest absolute Gasteiger partial charge is 0.307 e. The van der Waals surface area contributed by atoms with Gasteiger partial charge in [0.15, 0.2) is 0 Å². The van der Waals surface area contributed by atoms with Crippen molar-refractivity contribution in [3.63, 3.8) is 0 Å². The summed E-state index contributed by atoms with van der Waals surface area (Å²) in [6.45, 7) is 3.05. The van der Waals surface area contributed by atoms with Crippen molar-refractivity contribution in [2.24, 2.45) is 11.8 Å². The molecule has 1 aliphatic carbocycles. The molecule has 1 amide bonds. The summed E-state index contributed by atoms with van der Waals surface area (Å²) in [6, 6.07) is 0. The Hall–Kier alpha value is -1.10. The van der Waals surface area contributed by atoms with Gasteiger partial charge < -0.3 is 10.4 Å². The zero-order chi connectivity index (χ0) is 15.7. The van der Waals surface area contributed by atoms with Crippen LogP contribution >= 0.6 is 0 Å². The molecule has 0 aromatic rings. The number of carboxylic acid groups (broad SMARTS) is 1. The van der Waals surface area contributed by atoms with Crippen LogP contribution < -0.4 is 5.32 Å². The quantitative estimate of drug-likeness (QED) is 0.640. The first-order valence-corrected chi connectivity index (χ1v) is 8.17. The molecule has 122 valence electrons. The van der Waals surface area contributed by atoms with Crippen molar-refractivity contribution in [1.29, 1.82) is 0 Å². The Kier molecular flexibility index (Phi) is 8.35. The van der Waals surface area contributed by atoms with Gasteiger partial charge in [0.1, 0.15) is 0 Å². The minimum atomic E-state index is -0.824. The first-order valence-electron chi connectivity index (χ1n) is 8.17. The Morgan fingerprint density at radius 3 is 2.57 bits per heavy atom. The maximum absolute atomic E-state index is 11.8. The Bertz CT molecular complexity index is 327. The lowest BCUT2D eigenvalue weighted by Crippen LogP contribution is -2.38. The zero-order valence-corrected chi connectivity index (χ0v) is 13.4. The number of hydrogen-bond acceptors (Lipinski definition) is 3. The number of carbonyl (C=O) groups is 2. The van der Waals surface area contributed by atoms with Gasteiger partial charge in [-0.15, -0.1) is 0 Å². The number of nitrogens with zero attached hydrogens (tertiary/aromatic N) is 1. The maximum Gasteiger partial charge on any atom is 0.307 e. The van der Waals surface area contributed by atoms with Crippen LogP contribution in [0.5, 0.6) is 0 Å². The number of rotatable bonds is 9. The number of likely N-dealkylation sites (N-methyl/N-ethyl adjacent to an activating group) is 1. The second kappa shape index (κ2) is 9.77. The standard InChI is InChI=1S/C16H30N2O3/c1-13(16(20)21)11-18(2)12-15(19)17-10-6-9-14-7-4-3-5-8-14/h13-14H,3-12H2,1-2H3,(H,17,19)(H,20,21). The fourth-order valence-electron chi connectivity index (χ4n) is 3.01. The highest BCUT2D eigenvalue weighted by Gasteiger charge is 2.16. The van der Waals surface area contributed by atoms with Gasteiger partial charge in [0.05, 0.1) is 12.5 Å². The number of amides is 1. The molecule has 0 saturated heterocycles. The van der Waals surface area contributed by atoms with E-state index in [1.807, 2.05) is 0 Å². The van der Waals surface area contributed by atoms with Gasteiger partial charge >= 0.3 is 5.97 Å². The maximum atomic E-state index is 11.8. The van der Waals surface area contributed by atoms with Gasteiger partial charge in [0, 0.05) is 13.1 Å². The lowest BCUT2D eigenvalue weighted by molar-refractivity contribution is -0.142. The Labute approximate surface area is 128 Å². The van der Waals surface area contributed by atoms with E-state index in [-0.39, 0.29) is 12.5 Å². The number of nitrogens with one attached hydrogen (secondary N) is 1. The first kappa shape index (κ1) is 18.0. The minimum absolute atomic E-state index is 0.0151. The number of carbonyl (C=O) groups excluding carboxylic acids is 1. The summed E-state index contributed by atoms with van der Waals surface area (Å²) in [6.07, 6.45) is 9.08. The van der Waals surface area contributed by atoms with Gasteiger partial charge in [0.25, 0.3) is 0 Å². The summed E-state index contributed by atoms with van der Waals surface area (Å²) in [5.41, 5.74) is 0. The van der Waals surface area contributed by atoms with E-state index < -0.39 is 11.9 Å². The van der Waals surface area contributed by atoms with E-state index in [4.69, 9.17) is 5.11 Å². The fraction of sp³-hybridized carbons (Fsp3) is 0.875. The molecule has 0 spiro atoms. The SMILES string of the molecule is CC(CN(C)CC(=O)NCCCC1CCCCC1)C(=O)O. The predicted octanol–water partition coefficient (Wildman–Crippen LogP) is 2.12. The second-order valence-corrected chi connectivity index (χ2v) is 6.43. The molecule has 0 aromatic heterocycles. The van der Waals surface area contributed by atoms with E-state index in [1.165, 1.54) is 38.5 Å². The molecular weight excluding hydrogens is 268 g/mol. The molecule has 5 nitrogen and oxygen atoms in total. The average molecular weight is 298 g/mol. The fourth-order valence-corrected chi connectivity index (χ4v) is 3.01. The van der Waals surface area contributed by atoms with Gasteiger partial charge in [-0.3, -0.25) is 14.5 Å². The van der Waals surface area contributed by atoms with Crippen LogP contribution in [-0.4, -0.2) is 48.6 Å². The summed E-state index contributed by atoms with van der Waals surface area (Å²) < 4.78 is 0. The molecule has 1 rings (SSSR count). The molecule has 1 saturated carbocycles. The van der Waals surface area contributed by atoms with Crippen molar-refractivity contribution in [3.8, 4) is 0 Å². The molecule has 1 fully saturated rings. The molecular formula is C16H30N2O3. The van der Waals surface area contributed by atoms with Crippen molar-refractivity contribution in [3.05, 3.63) is 0 Å². The van der Waals surface area contributed by atoms with E-state index in [1.54, 1.807) is 18.9 Å². The summed E-state index contributed by atoms with van der Waals surface area (Å²) in [5.74, 6) is -0.433. The second-order valence-electron chi connectivity index (χ2n) is 6.43. The van der Waals surface area contributed by atoms with E-state index in [0.717, 1.165) is 18.9 Å². The highest BCUT2D eigenvalue weighted by Crippen LogP contribution is 2.26. The molecule has 0 aromatic carbocycles. The van der Waals surface area contributed by atoms with E-state index in [0.29, 0.717) is 6.54 Å². The van der Waals surface area contributed by atoms with E-state index >= 15 is 0 Å². The van der Waals surface area contributed by atoms with Crippen molar-refractivity contribution in [2.45, 2.75) is 51.9 Å². The van der Waals surface area contributed by atoms with Crippen molar-refractivity contribution < 1.29 is 14.7 Å². The third-order valence-electron chi connectivity index (χ3n) is 4.26. The normalized spacial score (nSPS) is 17.7. The summed E-state index contributed by atoms with van der Waals surface area (Å²) in [5, 5.41) is 11.8. The van der Waals surface area contributed by atoms with Crippen LogP contribution in [0.4, 0.5) is 0 Å². The molecule has 1 atom stereocenters. The van der Waals surface area contributed by atoms with Crippen molar-refractivity contribution in [1.82, 2.24) is 10.2 Å². The number of hydrogen-bond donors (Lipinski definition) is 2. The Balaban J connectivity index is 2.06. The molecule has 0 heterocycles. The van der Waals surface area contributed by atoms with E-state index in [2.05, 4.69) is 5.32 Å². The third-order valence-corrected chi connectivity index (χ3v) is 4.26. The van der Waals surface area contributed by atoms with Crippen LogP contribution in [0.15, 0.2) is 0 Å². The van der Waals surface area contributed by atoms with Crippen LogP contribution in [0.2, 0.25) is 0 Å². The summed E-state index contributed by atoms with van der Waals surface area (Å²) >= 11 is 0. The van der Waals surface area contributed by atoms with E-state index in [9.17, 15) is 9.59 Å². The molecule has 0 radical (unpaired) electrons. The van der Waals surface area contributed by atoms with Crippen LogP contribution in [-0.2, 0) is 9.59 Å². The van der Waals surface area contributed by atoms with Crippen LogP contribution in [0.3, 0.4) is 0 Å². The topological polar surface area (TPSA) is 69.6 Å². The van der Waals surface area contributed by atoms with Gasteiger partial charge in [-0.2, -0.15) is 0 Å². The number of carboxylic acids is 1. The monoisotopic (exact) mass is 298 g/mol. The van der Waals surface area contributed by atoms with Crippen molar-refractivity contribution >= 4 is 11.9 Å². The van der Waals surface area contributed by atoms with Gasteiger partial charge in [0.2, 0.25) is 5.91 Å². The molecule has 0 bridgehead atoms. The molecule has 1 unspecified atom stereocenters. The summed E-state index contributed by atoms with van der Waals surface area (Å²) in [7, 11) is 1.78. The average Bonchev–Trinajstić information content (AvgIpc) is 2.44. The lowest BCUT2D eigenvalue weighted by atomic mass is 9.86. The van der Waals surface area contributed by atoms with Gasteiger partial charge in [-0.1, -0.05) is 39.0 Å². The Morgan fingerprint density at radius 1 is 1.29 bits per heavy atom. The minimum Gasteiger partial charge on any atom is -0.481 e. The largest absolute Gasteiger partial charge is 0.481 e. The van der Waals surface area contributed by atoms with Gasteiger partial charge in [-0.25, -0.2) is 0 Å². The van der Waals surface area contributed by atoms with Crippen LogP contribution in [0, 0.1) is 11.8 Å². The predicted molar refractivity (Wildman–Crippen MR) is 83.1 cm³/mol. The van der Waals surface area contributed by atoms with Crippen LogP contribution in [0.1, 0.15) is 51.9 Å². The Morgan fingerprint density at radius 2 is 1.95 bits per heavy atom. The highest BCUT2D eigenvalue weighted by molar-refractivity contribution is 5.78. The lowest BCUT2D eigenvalue weighted by Gasteiger charge is -2.21. The molecule has 2 N–H and O–H groups in total. The molecule has 0 aliphatic heterocycles. The summed E-state index contributed by atoms with van der Waals surface area (Å²) in [4.78, 5) is 24.3. The molecule has 1 aliphatic rings. The van der Waals surface area contributed by atoms with Gasteiger partial charge in [-0.05, 0) is 25.8 Å². The zero-order valence-electron chi connectivity index (χ0n) is 13.4. The third kappa shape index (κ3) is 8.05. The molecule has 5 heteroatoms.